The molecule has 2 aromatic heterocycles. The number of benzene rings is 3. The highest BCUT2D eigenvalue weighted by molar-refractivity contribution is 7.07. The van der Waals surface area contributed by atoms with Crippen LogP contribution in [-0.2, 0) is 14.3 Å². The Balaban J connectivity index is 1.53. The van der Waals surface area contributed by atoms with Gasteiger partial charge >= 0.3 is 11.9 Å². The standard InChI is InChI=1S/C37H33ClN4O6S/c1-21(2)20-48-36(45)31-22(3)39-37-42(33(31)23-11-13-24(14-12-23)35(44)47-5)34(43)30(49-37)18-26-19-41(27-9-7-6-8-10-27)40-32(26)25-15-16-29(46-4)28(38)17-25/h6-19,21,33H,20H2,1-5H3. The van der Waals surface area contributed by atoms with E-state index in [-0.39, 0.29) is 23.7 Å². The molecule has 0 saturated heterocycles. The number of para-hydroxylation sites is 1. The maximum absolute atomic E-state index is 14.4. The summed E-state index contributed by atoms with van der Waals surface area (Å²) >= 11 is 7.72. The Labute approximate surface area is 291 Å². The van der Waals surface area contributed by atoms with E-state index >= 15 is 0 Å². The van der Waals surface area contributed by atoms with Crippen molar-refractivity contribution in [2.75, 3.05) is 20.8 Å². The number of rotatable bonds is 9. The first-order valence-corrected chi connectivity index (χ1v) is 16.7. The number of hydrogen-bond donors (Lipinski definition) is 0. The predicted molar refractivity (Wildman–Crippen MR) is 188 cm³/mol. The van der Waals surface area contributed by atoms with Crippen LogP contribution >= 0.6 is 22.9 Å². The zero-order valence-electron chi connectivity index (χ0n) is 27.5. The number of ether oxygens (including phenoxy) is 3. The van der Waals surface area contributed by atoms with Crippen LogP contribution < -0.4 is 19.6 Å². The number of carbonyl (C=O) groups excluding carboxylic acids is 2. The molecule has 10 nitrogen and oxygen atoms in total. The molecule has 0 N–H and O–H groups in total. The quantitative estimate of drug-likeness (QED) is 0.181. The first kappa shape index (κ1) is 33.6. The highest BCUT2D eigenvalue weighted by Crippen LogP contribution is 2.33. The molecular weight excluding hydrogens is 664 g/mol. The maximum Gasteiger partial charge on any atom is 0.338 e. The van der Waals surface area contributed by atoms with Crippen molar-refractivity contribution in [3.63, 3.8) is 0 Å². The molecule has 0 amide bonds. The molecule has 0 fully saturated rings. The maximum atomic E-state index is 14.4. The molecule has 1 atom stereocenters. The lowest BCUT2D eigenvalue weighted by Gasteiger charge is -2.25. The van der Waals surface area contributed by atoms with E-state index in [2.05, 4.69) is 0 Å². The molecule has 5 aromatic rings. The summed E-state index contributed by atoms with van der Waals surface area (Å²) in [6.07, 6.45) is 3.63. The van der Waals surface area contributed by atoms with Gasteiger partial charge < -0.3 is 14.2 Å². The van der Waals surface area contributed by atoms with Gasteiger partial charge in [0, 0.05) is 17.3 Å². The third-order valence-electron chi connectivity index (χ3n) is 7.91. The number of thiazole rings is 1. The van der Waals surface area contributed by atoms with Crippen LogP contribution in [0.25, 0.3) is 23.0 Å². The van der Waals surface area contributed by atoms with Crippen LogP contribution in [0.4, 0.5) is 0 Å². The smallest absolute Gasteiger partial charge is 0.338 e. The van der Waals surface area contributed by atoms with Crippen LogP contribution in [0.3, 0.4) is 0 Å². The molecule has 0 aliphatic carbocycles. The zero-order valence-corrected chi connectivity index (χ0v) is 29.0. The van der Waals surface area contributed by atoms with E-state index in [1.165, 1.54) is 23.0 Å². The summed E-state index contributed by atoms with van der Waals surface area (Å²) in [6.45, 7) is 5.83. The topological polar surface area (TPSA) is 114 Å². The third-order valence-corrected chi connectivity index (χ3v) is 9.19. The molecular formula is C37H33ClN4O6S. The first-order valence-electron chi connectivity index (χ1n) is 15.5. The molecule has 0 bridgehead atoms. The van der Waals surface area contributed by atoms with Crippen molar-refractivity contribution in [1.82, 2.24) is 14.3 Å². The molecule has 49 heavy (non-hydrogen) atoms. The lowest BCUT2D eigenvalue weighted by molar-refractivity contribution is -0.140. The van der Waals surface area contributed by atoms with E-state index < -0.39 is 18.0 Å². The van der Waals surface area contributed by atoms with Gasteiger partial charge in [-0.2, -0.15) is 5.10 Å². The van der Waals surface area contributed by atoms with Crippen molar-refractivity contribution in [2.45, 2.75) is 26.8 Å². The number of hydrogen-bond acceptors (Lipinski definition) is 9. The average molecular weight is 697 g/mol. The van der Waals surface area contributed by atoms with E-state index in [0.29, 0.717) is 48.2 Å². The van der Waals surface area contributed by atoms with Crippen molar-refractivity contribution < 1.29 is 23.8 Å². The largest absolute Gasteiger partial charge is 0.495 e. The lowest BCUT2D eigenvalue weighted by atomic mass is 9.95. The van der Waals surface area contributed by atoms with E-state index in [1.54, 1.807) is 61.2 Å². The Kier molecular flexibility index (Phi) is 9.66. The second kappa shape index (κ2) is 14.1. The highest BCUT2D eigenvalue weighted by Gasteiger charge is 2.34. The Morgan fingerprint density at radius 1 is 1.02 bits per heavy atom. The normalized spacial score (nSPS) is 14.4. The highest BCUT2D eigenvalue weighted by atomic mass is 35.5. The van der Waals surface area contributed by atoms with Crippen LogP contribution in [0.1, 0.15) is 48.3 Å². The fourth-order valence-electron chi connectivity index (χ4n) is 5.52. The Bertz CT molecular complexity index is 2270. The molecule has 0 radical (unpaired) electrons. The van der Waals surface area contributed by atoms with E-state index in [9.17, 15) is 14.4 Å². The van der Waals surface area contributed by atoms with Gasteiger partial charge in [-0.25, -0.2) is 19.3 Å². The number of esters is 2. The molecule has 0 spiro atoms. The fourth-order valence-corrected chi connectivity index (χ4v) is 6.82. The second-order valence-electron chi connectivity index (χ2n) is 11.8. The predicted octanol–water partition coefficient (Wildman–Crippen LogP) is 5.74. The molecule has 6 rings (SSSR count). The summed E-state index contributed by atoms with van der Waals surface area (Å²) in [5.41, 5.74) is 4.11. The van der Waals surface area contributed by atoms with Crippen LogP contribution in [0.5, 0.6) is 5.75 Å². The Morgan fingerprint density at radius 2 is 1.76 bits per heavy atom. The van der Waals surface area contributed by atoms with Crippen molar-refractivity contribution in [1.29, 1.82) is 0 Å². The van der Waals surface area contributed by atoms with Gasteiger partial charge in [-0.3, -0.25) is 9.36 Å². The van der Waals surface area contributed by atoms with Gasteiger partial charge in [0.05, 0.1) is 58.9 Å². The van der Waals surface area contributed by atoms with Crippen LogP contribution in [0, 0.1) is 5.92 Å². The Hall–Kier alpha value is -5.26. The number of nitrogens with zero attached hydrogens (tertiary/aromatic N) is 4. The molecule has 1 unspecified atom stereocenters. The summed E-state index contributed by atoms with van der Waals surface area (Å²) in [4.78, 5) is 45.3. The minimum absolute atomic E-state index is 0.107. The summed E-state index contributed by atoms with van der Waals surface area (Å²) in [6, 6.07) is 20.8. The van der Waals surface area contributed by atoms with E-state index in [1.807, 2.05) is 56.4 Å². The fraction of sp³-hybridized carbons (Fsp3) is 0.216. The number of allylic oxidation sites excluding steroid dienone is 1. The van der Waals surface area contributed by atoms with Crippen LogP contribution in [0.2, 0.25) is 5.02 Å². The third kappa shape index (κ3) is 6.72. The zero-order chi connectivity index (χ0) is 34.8. The number of aromatic nitrogens is 3. The molecule has 0 saturated carbocycles. The summed E-state index contributed by atoms with van der Waals surface area (Å²) < 4.78 is 19.5. The lowest BCUT2D eigenvalue weighted by Crippen LogP contribution is -2.40. The number of carbonyl (C=O) groups is 2. The van der Waals surface area contributed by atoms with Crippen molar-refractivity contribution in [3.05, 3.63) is 132 Å². The summed E-state index contributed by atoms with van der Waals surface area (Å²) in [5.74, 6) is -0.422. The first-order chi connectivity index (χ1) is 23.6. The van der Waals surface area contributed by atoms with Crippen molar-refractivity contribution in [3.8, 4) is 22.7 Å². The minimum Gasteiger partial charge on any atom is -0.495 e. The van der Waals surface area contributed by atoms with Gasteiger partial charge in [0.2, 0.25) is 0 Å². The van der Waals surface area contributed by atoms with Gasteiger partial charge in [0.25, 0.3) is 5.56 Å². The summed E-state index contributed by atoms with van der Waals surface area (Å²) in [7, 11) is 2.86. The summed E-state index contributed by atoms with van der Waals surface area (Å²) in [5, 5.41) is 5.30. The number of methoxy groups -OCH3 is 2. The van der Waals surface area contributed by atoms with Crippen molar-refractivity contribution >= 4 is 41.0 Å². The van der Waals surface area contributed by atoms with E-state index in [4.69, 9.17) is 35.9 Å². The van der Waals surface area contributed by atoms with E-state index in [0.717, 1.165) is 11.3 Å². The second-order valence-corrected chi connectivity index (χ2v) is 13.2. The molecule has 3 heterocycles. The Morgan fingerprint density at radius 3 is 2.41 bits per heavy atom. The van der Waals surface area contributed by atoms with Gasteiger partial charge in [-0.1, -0.05) is 67.1 Å². The number of fused-ring (bicyclic) bond motifs is 1. The molecule has 3 aromatic carbocycles. The van der Waals surface area contributed by atoms with Gasteiger partial charge in [-0.15, -0.1) is 0 Å². The molecule has 250 valence electrons. The average Bonchev–Trinajstić information content (AvgIpc) is 3.66. The SMILES string of the molecule is COC(=O)c1ccc(C2C(C(=O)OCC(C)C)=C(C)N=c3sc(=Cc4cn(-c5ccccc5)nc4-c4ccc(OC)c(Cl)c4)c(=O)n32)cc1. The van der Waals surface area contributed by atoms with Crippen LogP contribution in [-0.4, -0.2) is 47.1 Å². The van der Waals surface area contributed by atoms with Crippen LogP contribution in [0.15, 0.2) is 100 Å². The molecule has 1 aliphatic rings. The van der Waals surface area contributed by atoms with Gasteiger partial charge in [0.15, 0.2) is 4.80 Å². The number of halogens is 1. The molecule has 1 aliphatic heterocycles. The molecule has 12 heteroatoms. The monoisotopic (exact) mass is 696 g/mol. The van der Waals surface area contributed by atoms with Gasteiger partial charge in [0.1, 0.15) is 11.4 Å². The van der Waals surface area contributed by atoms with Gasteiger partial charge in [-0.05, 0) is 66.9 Å². The van der Waals surface area contributed by atoms with Crippen molar-refractivity contribution in [2.24, 2.45) is 10.9 Å². The minimum atomic E-state index is -0.850.